The Morgan fingerprint density at radius 2 is 1.79 bits per heavy atom. The lowest BCUT2D eigenvalue weighted by Gasteiger charge is -2.08. The van der Waals surface area contributed by atoms with Crippen LogP contribution in [0.4, 0.5) is 11.4 Å². The van der Waals surface area contributed by atoms with Crippen molar-refractivity contribution in [3.8, 4) is 0 Å². The van der Waals surface area contributed by atoms with Gasteiger partial charge in [-0.05, 0) is 49.6 Å². The number of nitrogens with one attached hydrogen (secondary N) is 2. The third kappa shape index (κ3) is 5.50. The third-order valence-electron chi connectivity index (χ3n) is 3.96. The lowest BCUT2D eigenvalue weighted by Crippen LogP contribution is -2.21. The van der Waals surface area contributed by atoms with Crippen molar-refractivity contribution in [3.63, 3.8) is 0 Å². The highest BCUT2D eigenvalue weighted by Crippen LogP contribution is 2.23. The van der Waals surface area contributed by atoms with Crippen LogP contribution in [0.3, 0.4) is 0 Å². The number of amides is 2. The molecule has 29 heavy (non-hydrogen) atoms. The van der Waals surface area contributed by atoms with Crippen LogP contribution in [0.25, 0.3) is 0 Å². The first kappa shape index (κ1) is 21.2. The van der Waals surface area contributed by atoms with Crippen molar-refractivity contribution >= 4 is 58.2 Å². The van der Waals surface area contributed by atoms with Gasteiger partial charge in [-0.2, -0.15) is 0 Å². The van der Waals surface area contributed by atoms with Gasteiger partial charge in [0.05, 0.1) is 5.69 Å². The summed E-state index contributed by atoms with van der Waals surface area (Å²) in [5.41, 5.74) is 1.70. The van der Waals surface area contributed by atoms with Gasteiger partial charge in [0.2, 0.25) is 5.91 Å². The molecule has 0 atom stereocenters. The van der Waals surface area contributed by atoms with E-state index in [4.69, 9.17) is 23.2 Å². The first-order valence-corrected chi connectivity index (χ1v) is 10.4. The number of rotatable bonds is 6. The summed E-state index contributed by atoms with van der Waals surface area (Å²) in [4.78, 5) is 25.9. The van der Waals surface area contributed by atoms with Gasteiger partial charge in [-0.3, -0.25) is 9.59 Å². The summed E-state index contributed by atoms with van der Waals surface area (Å²) in [6.45, 7) is 1.60. The van der Waals surface area contributed by atoms with Gasteiger partial charge in [-0.1, -0.05) is 34.5 Å². The van der Waals surface area contributed by atoms with Crippen molar-refractivity contribution in [1.29, 1.82) is 0 Å². The molecule has 7 nitrogen and oxygen atoms in total. The molecule has 0 radical (unpaired) electrons. The van der Waals surface area contributed by atoms with E-state index in [0.717, 1.165) is 4.90 Å². The van der Waals surface area contributed by atoms with Crippen LogP contribution in [0.1, 0.15) is 16.2 Å². The molecule has 3 aromatic rings. The first-order valence-electron chi connectivity index (χ1n) is 8.47. The van der Waals surface area contributed by atoms with Gasteiger partial charge in [0.1, 0.15) is 6.54 Å². The molecule has 0 saturated carbocycles. The molecule has 150 valence electrons. The van der Waals surface area contributed by atoms with Crippen LogP contribution in [0.2, 0.25) is 10.0 Å². The quantitative estimate of drug-likeness (QED) is 0.540. The number of aromatic nitrogens is 3. The molecule has 2 amide bonds. The molecular weight excluding hydrogens is 433 g/mol. The third-order valence-corrected chi connectivity index (χ3v) is 5.13. The van der Waals surface area contributed by atoms with E-state index < -0.39 is 5.91 Å². The molecule has 1 heterocycles. The Morgan fingerprint density at radius 3 is 2.48 bits per heavy atom. The Hall–Kier alpha value is -2.55. The summed E-state index contributed by atoms with van der Waals surface area (Å²) in [5.74, 6) is -0.745. The maximum absolute atomic E-state index is 12.5. The number of anilines is 2. The fourth-order valence-corrected chi connectivity index (χ4v) is 3.56. The van der Waals surface area contributed by atoms with Crippen LogP contribution in [0.5, 0.6) is 0 Å². The van der Waals surface area contributed by atoms with Gasteiger partial charge in [0.25, 0.3) is 5.91 Å². The minimum Gasteiger partial charge on any atom is -0.324 e. The van der Waals surface area contributed by atoms with Crippen LogP contribution in [-0.4, -0.2) is 33.1 Å². The first-order chi connectivity index (χ1) is 13.9. The topological polar surface area (TPSA) is 88.9 Å². The van der Waals surface area contributed by atoms with Crippen LogP contribution in [0, 0.1) is 6.92 Å². The van der Waals surface area contributed by atoms with Crippen molar-refractivity contribution < 1.29 is 9.59 Å². The van der Waals surface area contributed by atoms with Gasteiger partial charge in [-0.15, -0.1) is 16.9 Å². The molecule has 10 heteroatoms. The lowest BCUT2D eigenvalue weighted by molar-refractivity contribution is -0.117. The number of carbonyl (C=O) groups excluding carboxylic acids is 2. The zero-order chi connectivity index (χ0) is 21.0. The number of hydrogen-bond acceptors (Lipinski definition) is 5. The molecule has 0 aliphatic rings. The second-order valence-corrected chi connectivity index (χ2v) is 7.83. The van der Waals surface area contributed by atoms with Gasteiger partial charge in [0.15, 0.2) is 5.69 Å². The van der Waals surface area contributed by atoms with E-state index in [-0.39, 0.29) is 18.1 Å². The van der Waals surface area contributed by atoms with Gasteiger partial charge in [0, 0.05) is 26.3 Å². The van der Waals surface area contributed by atoms with Gasteiger partial charge in [-0.25, -0.2) is 4.68 Å². The Morgan fingerprint density at radius 1 is 1.07 bits per heavy atom. The largest absolute Gasteiger partial charge is 0.324 e. The standard InChI is InChI=1S/C19H17Cl2N5O2S/c1-11-18(19(28)23-15-7-12(20)6-13(21)8-15)24-25-26(11)10-17(27)22-14-4-3-5-16(9-14)29-2/h3-9H,10H2,1-2H3,(H,22,27)(H,23,28). The maximum Gasteiger partial charge on any atom is 0.278 e. The highest BCUT2D eigenvalue weighted by Gasteiger charge is 2.18. The van der Waals surface area contributed by atoms with Crippen LogP contribution >= 0.6 is 35.0 Å². The van der Waals surface area contributed by atoms with Crippen LogP contribution < -0.4 is 10.6 Å². The summed E-state index contributed by atoms with van der Waals surface area (Å²) < 4.78 is 1.37. The van der Waals surface area contributed by atoms with Gasteiger partial charge >= 0.3 is 0 Å². The molecule has 0 aliphatic carbocycles. The van der Waals surface area contributed by atoms with E-state index in [0.29, 0.717) is 27.1 Å². The zero-order valence-corrected chi connectivity index (χ0v) is 17.9. The molecule has 0 spiro atoms. The van der Waals surface area contributed by atoms with E-state index in [1.54, 1.807) is 43.0 Å². The Bertz CT molecular complexity index is 1050. The fraction of sp³-hybridized carbons (Fsp3) is 0.158. The highest BCUT2D eigenvalue weighted by atomic mass is 35.5. The van der Waals surface area contributed by atoms with E-state index in [2.05, 4.69) is 20.9 Å². The van der Waals surface area contributed by atoms with Crippen LogP contribution in [-0.2, 0) is 11.3 Å². The van der Waals surface area contributed by atoms with E-state index in [1.165, 1.54) is 4.68 Å². The second kappa shape index (κ2) is 9.30. The smallest absolute Gasteiger partial charge is 0.278 e. The number of hydrogen-bond donors (Lipinski definition) is 2. The molecule has 0 fully saturated rings. The van der Waals surface area contributed by atoms with Crippen molar-refractivity contribution in [2.24, 2.45) is 0 Å². The van der Waals surface area contributed by atoms with Crippen molar-refractivity contribution in [3.05, 3.63) is 63.9 Å². The van der Waals surface area contributed by atoms with Gasteiger partial charge < -0.3 is 10.6 Å². The molecule has 0 unspecified atom stereocenters. The number of carbonyl (C=O) groups is 2. The van der Waals surface area contributed by atoms with E-state index in [9.17, 15) is 9.59 Å². The summed E-state index contributed by atoms with van der Waals surface area (Å²) in [7, 11) is 0. The van der Waals surface area contributed by atoms with Crippen molar-refractivity contribution in [1.82, 2.24) is 15.0 Å². The molecule has 0 aliphatic heterocycles. The predicted octanol–water partition coefficient (Wildman–Crippen LogP) is 4.51. The summed E-state index contributed by atoms with van der Waals surface area (Å²) in [6.07, 6.45) is 1.96. The minimum absolute atomic E-state index is 0.0708. The number of thioether (sulfide) groups is 1. The van der Waals surface area contributed by atoms with Crippen molar-refractivity contribution in [2.75, 3.05) is 16.9 Å². The highest BCUT2D eigenvalue weighted by molar-refractivity contribution is 7.98. The Labute approximate surface area is 181 Å². The molecule has 0 saturated heterocycles. The average Bonchev–Trinajstić information content (AvgIpc) is 3.01. The molecule has 0 bridgehead atoms. The summed E-state index contributed by atoms with van der Waals surface area (Å²) in [6, 6.07) is 12.2. The normalized spacial score (nSPS) is 10.6. The molecule has 1 aromatic heterocycles. The lowest BCUT2D eigenvalue weighted by atomic mass is 10.2. The fourth-order valence-electron chi connectivity index (χ4n) is 2.57. The van der Waals surface area contributed by atoms with Crippen molar-refractivity contribution in [2.45, 2.75) is 18.4 Å². The molecular formula is C19H17Cl2N5O2S. The number of benzene rings is 2. The summed E-state index contributed by atoms with van der Waals surface area (Å²) >= 11 is 13.5. The van der Waals surface area contributed by atoms with E-state index >= 15 is 0 Å². The summed E-state index contributed by atoms with van der Waals surface area (Å²) in [5, 5.41) is 14.1. The number of nitrogens with zero attached hydrogens (tertiary/aromatic N) is 3. The Kier molecular flexibility index (Phi) is 6.79. The SMILES string of the molecule is CSc1cccc(NC(=O)Cn2nnc(C(=O)Nc3cc(Cl)cc(Cl)c3)c2C)c1. The zero-order valence-electron chi connectivity index (χ0n) is 15.6. The predicted molar refractivity (Wildman–Crippen MR) is 116 cm³/mol. The number of halogens is 2. The molecule has 3 rings (SSSR count). The average molecular weight is 450 g/mol. The molecule has 2 aromatic carbocycles. The second-order valence-electron chi connectivity index (χ2n) is 6.07. The monoisotopic (exact) mass is 449 g/mol. The van der Waals surface area contributed by atoms with Crippen LogP contribution in [0.15, 0.2) is 47.4 Å². The molecule has 2 N–H and O–H groups in total. The Balaban J connectivity index is 1.68. The maximum atomic E-state index is 12.5. The van der Waals surface area contributed by atoms with E-state index in [1.807, 2.05) is 24.5 Å². The minimum atomic E-state index is -0.472.